The summed E-state index contributed by atoms with van der Waals surface area (Å²) >= 11 is 5.85. The second-order valence-corrected chi connectivity index (χ2v) is 7.19. The molecule has 0 atom stereocenters. The van der Waals surface area contributed by atoms with Crippen LogP contribution in [0.5, 0.6) is 0 Å². The molecule has 32 heavy (non-hydrogen) atoms. The Morgan fingerprint density at radius 3 is 2.88 bits per heavy atom. The third-order valence-corrected chi connectivity index (χ3v) is 4.69. The van der Waals surface area contributed by atoms with E-state index in [4.69, 9.17) is 21.4 Å². The zero-order chi connectivity index (χ0) is 22.9. The molecule has 0 bridgehead atoms. The van der Waals surface area contributed by atoms with Crippen molar-refractivity contribution in [3.05, 3.63) is 71.1 Å². The predicted octanol–water partition coefficient (Wildman–Crippen LogP) is 5.23. The Bertz CT molecular complexity index is 1120. The maximum Gasteiger partial charge on any atom is 0.328 e. The third-order valence-electron chi connectivity index (χ3n) is 4.40. The molecule has 0 aliphatic heterocycles. The van der Waals surface area contributed by atoms with Gasteiger partial charge in [-0.25, -0.2) is 14.2 Å². The molecular formula is C23H22ClFN4O3. The summed E-state index contributed by atoms with van der Waals surface area (Å²) in [5.74, 6) is -0.625. The van der Waals surface area contributed by atoms with Gasteiger partial charge in [-0.1, -0.05) is 29.8 Å². The number of methoxy groups -OCH3 is 1. The molecule has 0 spiro atoms. The molecule has 0 fully saturated rings. The highest BCUT2D eigenvalue weighted by atomic mass is 35.5. The van der Waals surface area contributed by atoms with Crippen molar-refractivity contribution in [2.24, 2.45) is 0 Å². The van der Waals surface area contributed by atoms with Crippen molar-refractivity contribution in [1.82, 2.24) is 9.97 Å². The summed E-state index contributed by atoms with van der Waals surface area (Å²) < 4.78 is 18.5. The van der Waals surface area contributed by atoms with E-state index in [1.807, 2.05) is 24.3 Å². The van der Waals surface area contributed by atoms with Gasteiger partial charge in [0.15, 0.2) is 0 Å². The van der Waals surface area contributed by atoms with Crippen molar-refractivity contribution in [1.29, 1.82) is 0 Å². The van der Waals surface area contributed by atoms with Crippen LogP contribution in [0, 0.1) is 5.82 Å². The van der Waals surface area contributed by atoms with Crippen molar-refractivity contribution in [2.75, 3.05) is 30.9 Å². The fourth-order valence-corrected chi connectivity index (χ4v) is 3.07. The summed E-state index contributed by atoms with van der Waals surface area (Å²) in [6, 6.07) is 11.6. The average molecular weight is 457 g/mol. The van der Waals surface area contributed by atoms with E-state index in [1.54, 1.807) is 19.4 Å². The summed E-state index contributed by atoms with van der Waals surface area (Å²) in [5, 5.41) is 15.2. The zero-order valence-corrected chi connectivity index (χ0v) is 18.1. The highest BCUT2D eigenvalue weighted by molar-refractivity contribution is 6.31. The molecular weight excluding hydrogens is 435 g/mol. The molecule has 0 amide bonds. The van der Waals surface area contributed by atoms with Crippen molar-refractivity contribution in [2.45, 2.75) is 6.42 Å². The van der Waals surface area contributed by atoms with Gasteiger partial charge in [-0.15, -0.1) is 0 Å². The minimum absolute atomic E-state index is 0.00392. The summed E-state index contributed by atoms with van der Waals surface area (Å²) in [6.45, 7) is 1.22. The second-order valence-electron chi connectivity index (χ2n) is 6.78. The maximum absolute atomic E-state index is 13.4. The lowest BCUT2D eigenvalue weighted by molar-refractivity contribution is -0.131. The van der Waals surface area contributed by atoms with E-state index in [2.05, 4.69) is 20.6 Å². The summed E-state index contributed by atoms with van der Waals surface area (Å²) in [4.78, 5) is 19.8. The first-order valence-electron chi connectivity index (χ1n) is 9.79. The molecule has 1 aromatic heterocycles. The first-order chi connectivity index (χ1) is 15.5. The lowest BCUT2D eigenvalue weighted by atomic mass is 10.0. The SMILES string of the molecule is COCCCNc1nc(Nc2ccc(F)c(Cl)c2)ncc1-c1cccc(/C=C/C(=O)O)c1. The molecule has 3 aromatic rings. The van der Waals surface area contributed by atoms with Crippen LogP contribution in [0.1, 0.15) is 12.0 Å². The number of rotatable bonds is 10. The molecule has 3 N–H and O–H groups in total. The number of hydrogen-bond acceptors (Lipinski definition) is 6. The number of nitrogens with one attached hydrogen (secondary N) is 2. The number of carbonyl (C=O) groups is 1. The van der Waals surface area contributed by atoms with E-state index in [9.17, 15) is 9.18 Å². The molecule has 0 aliphatic carbocycles. The number of aliphatic carboxylic acids is 1. The number of hydrogen-bond donors (Lipinski definition) is 3. The van der Waals surface area contributed by atoms with Gasteiger partial charge >= 0.3 is 5.97 Å². The number of halogens is 2. The fraction of sp³-hybridized carbons (Fsp3) is 0.174. The minimum atomic E-state index is -1.02. The van der Waals surface area contributed by atoms with Crippen molar-refractivity contribution < 1.29 is 19.0 Å². The molecule has 3 rings (SSSR count). The predicted molar refractivity (Wildman–Crippen MR) is 124 cm³/mol. The fourth-order valence-electron chi connectivity index (χ4n) is 2.89. The Kier molecular flexibility index (Phi) is 8.13. The summed E-state index contributed by atoms with van der Waals surface area (Å²) in [6.07, 6.45) is 5.05. The Labute approximate surface area is 189 Å². The van der Waals surface area contributed by atoms with Crippen LogP contribution in [-0.4, -0.2) is 41.3 Å². The van der Waals surface area contributed by atoms with Crippen LogP contribution in [0.25, 0.3) is 17.2 Å². The Morgan fingerprint density at radius 2 is 2.12 bits per heavy atom. The van der Waals surface area contributed by atoms with Gasteiger partial charge in [0.25, 0.3) is 0 Å². The molecule has 0 radical (unpaired) electrons. The van der Waals surface area contributed by atoms with Gasteiger partial charge in [-0.2, -0.15) is 4.98 Å². The van der Waals surface area contributed by atoms with Crippen molar-refractivity contribution in [3.63, 3.8) is 0 Å². The molecule has 2 aromatic carbocycles. The monoisotopic (exact) mass is 456 g/mol. The topological polar surface area (TPSA) is 96.4 Å². The smallest absolute Gasteiger partial charge is 0.328 e. The molecule has 0 saturated heterocycles. The van der Waals surface area contributed by atoms with E-state index in [-0.39, 0.29) is 5.02 Å². The molecule has 166 valence electrons. The zero-order valence-electron chi connectivity index (χ0n) is 17.3. The van der Waals surface area contributed by atoms with Crippen molar-refractivity contribution >= 4 is 41.1 Å². The molecule has 0 saturated carbocycles. The lowest BCUT2D eigenvalue weighted by Gasteiger charge is -2.14. The largest absolute Gasteiger partial charge is 0.478 e. The standard InChI is InChI=1S/C23H22ClFN4O3/c1-32-11-3-10-26-22-18(16-5-2-4-15(12-16)6-9-21(30)31)14-27-23(29-22)28-17-7-8-20(25)19(24)13-17/h2,4-9,12-14H,3,10-11H2,1H3,(H,30,31)(H2,26,27,28,29)/b9-6+. The third kappa shape index (κ3) is 6.50. The van der Waals surface area contributed by atoms with E-state index >= 15 is 0 Å². The van der Waals surface area contributed by atoms with Gasteiger partial charge in [0, 0.05) is 43.8 Å². The van der Waals surface area contributed by atoms with E-state index < -0.39 is 11.8 Å². The number of aromatic nitrogens is 2. The van der Waals surface area contributed by atoms with Gasteiger partial charge in [0.1, 0.15) is 11.6 Å². The number of anilines is 3. The van der Waals surface area contributed by atoms with Crippen LogP contribution >= 0.6 is 11.6 Å². The average Bonchev–Trinajstić information content (AvgIpc) is 2.78. The minimum Gasteiger partial charge on any atom is -0.478 e. The normalized spacial score (nSPS) is 11.0. The number of carboxylic acids is 1. The van der Waals surface area contributed by atoms with Crippen LogP contribution < -0.4 is 10.6 Å². The molecule has 0 aliphatic rings. The number of ether oxygens (including phenoxy) is 1. The first kappa shape index (κ1) is 23.2. The maximum atomic E-state index is 13.4. The van der Waals surface area contributed by atoms with Crippen LogP contribution in [0.3, 0.4) is 0 Å². The Morgan fingerprint density at radius 1 is 1.28 bits per heavy atom. The van der Waals surface area contributed by atoms with Gasteiger partial charge < -0.3 is 20.5 Å². The van der Waals surface area contributed by atoms with Gasteiger partial charge in [0.05, 0.1) is 5.02 Å². The Balaban J connectivity index is 1.91. The highest BCUT2D eigenvalue weighted by Gasteiger charge is 2.11. The van der Waals surface area contributed by atoms with E-state index in [1.165, 1.54) is 18.2 Å². The Hall–Kier alpha value is -3.49. The molecule has 1 heterocycles. The summed E-state index contributed by atoms with van der Waals surface area (Å²) in [7, 11) is 1.64. The van der Waals surface area contributed by atoms with Crippen LogP contribution in [0.2, 0.25) is 5.02 Å². The molecule has 9 heteroatoms. The number of benzene rings is 2. The second kappa shape index (κ2) is 11.2. The molecule has 7 nitrogen and oxygen atoms in total. The first-order valence-corrected chi connectivity index (χ1v) is 10.2. The van der Waals surface area contributed by atoms with Crippen molar-refractivity contribution in [3.8, 4) is 11.1 Å². The van der Waals surface area contributed by atoms with Crippen LogP contribution in [0.15, 0.2) is 54.7 Å². The lowest BCUT2D eigenvalue weighted by Crippen LogP contribution is -2.09. The van der Waals surface area contributed by atoms with E-state index in [0.717, 1.165) is 29.2 Å². The van der Waals surface area contributed by atoms with Gasteiger partial charge in [-0.05, 0) is 47.9 Å². The van der Waals surface area contributed by atoms with Crippen LogP contribution in [-0.2, 0) is 9.53 Å². The van der Waals surface area contributed by atoms with Gasteiger partial charge in [-0.3, -0.25) is 0 Å². The quantitative estimate of drug-likeness (QED) is 0.284. The highest BCUT2D eigenvalue weighted by Crippen LogP contribution is 2.29. The van der Waals surface area contributed by atoms with Crippen LogP contribution in [0.4, 0.5) is 21.8 Å². The molecule has 0 unspecified atom stereocenters. The number of nitrogens with zero attached hydrogens (tertiary/aromatic N) is 2. The number of carboxylic acid groups (broad SMARTS) is 1. The summed E-state index contributed by atoms with van der Waals surface area (Å²) in [5.41, 5.74) is 2.85. The van der Waals surface area contributed by atoms with E-state index in [0.29, 0.717) is 30.6 Å². The van der Waals surface area contributed by atoms with Gasteiger partial charge in [0.2, 0.25) is 5.95 Å².